The van der Waals surface area contributed by atoms with Crippen LogP contribution >= 0.6 is 0 Å². The largest absolute Gasteiger partial charge is 0.491 e. The summed E-state index contributed by atoms with van der Waals surface area (Å²) < 4.78 is 11.1. The minimum Gasteiger partial charge on any atom is -0.491 e. The summed E-state index contributed by atoms with van der Waals surface area (Å²) in [7, 11) is 0. The Bertz CT molecular complexity index is 380. The van der Waals surface area contributed by atoms with Gasteiger partial charge in [0.1, 0.15) is 5.75 Å². The van der Waals surface area contributed by atoms with E-state index in [2.05, 4.69) is 19.1 Å². The van der Waals surface area contributed by atoms with Crippen LogP contribution in [0.3, 0.4) is 0 Å². The second kappa shape index (κ2) is 5.29. The van der Waals surface area contributed by atoms with E-state index in [9.17, 15) is 0 Å². The maximum Gasteiger partial charge on any atom is 0.119 e. The number of nitrogens with two attached hydrogens (primary N) is 1. The molecule has 1 aromatic rings. The first-order valence-corrected chi connectivity index (χ1v) is 6.62. The molecule has 1 aliphatic rings. The topological polar surface area (TPSA) is 44.5 Å². The van der Waals surface area contributed by atoms with Crippen molar-refractivity contribution < 1.29 is 9.47 Å². The molecule has 0 aliphatic carbocycles. The summed E-state index contributed by atoms with van der Waals surface area (Å²) in [4.78, 5) is 0. The number of benzene rings is 1. The summed E-state index contributed by atoms with van der Waals surface area (Å²) in [5.41, 5.74) is 7.36. The lowest BCUT2D eigenvalue weighted by molar-refractivity contribution is -0.0665. The van der Waals surface area contributed by atoms with E-state index in [4.69, 9.17) is 15.2 Å². The Morgan fingerprint density at radius 1 is 1.22 bits per heavy atom. The molecular formula is C15H23NO2. The highest BCUT2D eigenvalue weighted by atomic mass is 16.5. The third-order valence-corrected chi connectivity index (χ3v) is 3.31. The van der Waals surface area contributed by atoms with E-state index < -0.39 is 0 Å². The van der Waals surface area contributed by atoms with Gasteiger partial charge in [0.15, 0.2) is 0 Å². The summed E-state index contributed by atoms with van der Waals surface area (Å²) in [5.74, 6) is 0.921. The SMILES string of the molecule is CC(N)CC1(c2ccc(OC(C)C)cc2)COC1. The fourth-order valence-electron chi connectivity index (χ4n) is 2.53. The maximum atomic E-state index is 5.94. The van der Waals surface area contributed by atoms with Gasteiger partial charge in [-0.15, -0.1) is 0 Å². The average Bonchev–Trinajstić information content (AvgIpc) is 2.24. The molecule has 100 valence electrons. The Morgan fingerprint density at radius 3 is 2.22 bits per heavy atom. The van der Waals surface area contributed by atoms with Crippen LogP contribution in [0.2, 0.25) is 0 Å². The van der Waals surface area contributed by atoms with E-state index in [1.165, 1.54) is 5.56 Å². The fourth-order valence-corrected chi connectivity index (χ4v) is 2.53. The average molecular weight is 249 g/mol. The van der Waals surface area contributed by atoms with Gasteiger partial charge in [0.05, 0.1) is 19.3 Å². The lowest BCUT2D eigenvalue weighted by Crippen LogP contribution is -2.49. The number of hydrogen-bond acceptors (Lipinski definition) is 3. The molecule has 1 atom stereocenters. The lowest BCUT2D eigenvalue weighted by Gasteiger charge is -2.43. The van der Waals surface area contributed by atoms with Crippen molar-refractivity contribution in [3.05, 3.63) is 29.8 Å². The summed E-state index contributed by atoms with van der Waals surface area (Å²) in [6.07, 6.45) is 1.18. The molecule has 1 fully saturated rings. The molecule has 3 heteroatoms. The van der Waals surface area contributed by atoms with Crippen LogP contribution in [-0.4, -0.2) is 25.4 Å². The van der Waals surface area contributed by atoms with E-state index in [1.807, 2.05) is 26.0 Å². The van der Waals surface area contributed by atoms with Gasteiger partial charge in [0.2, 0.25) is 0 Å². The standard InChI is InChI=1S/C15H23NO2/c1-11(2)18-14-6-4-13(5-7-14)15(8-12(3)16)9-17-10-15/h4-7,11-12H,8-10,16H2,1-3H3. The van der Waals surface area contributed by atoms with Crippen LogP contribution < -0.4 is 10.5 Å². The maximum absolute atomic E-state index is 5.94. The minimum absolute atomic E-state index is 0.116. The molecule has 1 aliphatic heterocycles. The summed E-state index contributed by atoms with van der Waals surface area (Å²) in [6, 6.07) is 8.55. The summed E-state index contributed by atoms with van der Waals surface area (Å²) in [6.45, 7) is 7.67. The zero-order chi connectivity index (χ0) is 13.2. The smallest absolute Gasteiger partial charge is 0.119 e. The van der Waals surface area contributed by atoms with Crippen molar-refractivity contribution >= 4 is 0 Å². The van der Waals surface area contributed by atoms with Crippen LogP contribution in [0.4, 0.5) is 0 Å². The molecule has 0 saturated carbocycles. The monoisotopic (exact) mass is 249 g/mol. The first kappa shape index (κ1) is 13.4. The van der Waals surface area contributed by atoms with Crippen LogP contribution in [0, 0.1) is 0 Å². The predicted octanol–water partition coefficient (Wildman–Crippen LogP) is 2.48. The van der Waals surface area contributed by atoms with Gasteiger partial charge in [0.25, 0.3) is 0 Å². The van der Waals surface area contributed by atoms with Crippen LogP contribution in [0.15, 0.2) is 24.3 Å². The van der Waals surface area contributed by atoms with Crippen molar-refractivity contribution in [3.8, 4) is 5.75 Å². The zero-order valence-electron chi connectivity index (χ0n) is 11.5. The zero-order valence-corrected chi connectivity index (χ0v) is 11.5. The lowest BCUT2D eigenvalue weighted by atomic mass is 9.74. The Morgan fingerprint density at radius 2 is 1.83 bits per heavy atom. The second-order valence-corrected chi connectivity index (χ2v) is 5.65. The van der Waals surface area contributed by atoms with Crippen molar-refractivity contribution in [2.45, 2.75) is 44.8 Å². The van der Waals surface area contributed by atoms with E-state index in [0.29, 0.717) is 0 Å². The molecule has 18 heavy (non-hydrogen) atoms. The first-order valence-electron chi connectivity index (χ1n) is 6.62. The molecule has 0 bridgehead atoms. The molecule has 0 aromatic heterocycles. The van der Waals surface area contributed by atoms with Gasteiger partial charge < -0.3 is 15.2 Å². The second-order valence-electron chi connectivity index (χ2n) is 5.65. The molecular weight excluding hydrogens is 226 g/mol. The molecule has 0 radical (unpaired) electrons. The van der Waals surface area contributed by atoms with E-state index in [1.54, 1.807) is 0 Å². The summed E-state index contributed by atoms with van der Waals surface area (Å²) >= 11 is 0. The van der Waals surface area contributed by atoms with Gasteiger partial charge in [0, 0.05) is 11.5 Å². The van der Waals surface area contributed by atoms with Crippen LogP contribution in [0.5, 0.6) is 5.75 Å². The molecule has 2 N–H and O–H groups in total. The number of rotatable bonds is 5. The molecule has 1 saturated heterocycles. The molecule has 2 rings (SSSR count). The highest BCUT2D eigenvalue weighted by Gasteiger charge is 2.40. The highest BCUT2D eigenvalue weighted by molar-refractivity contribution is 5.34. The third-order valence-electron chi connectivity index (χ3n) is 3.31. The van der Waals surface area contributed by atoms with Gasteiger partial charge in [-0.25, -0.2) is 0 Å². The highest BCUT2D eigenvalue weighted by Crippen LogP contribution is 2.37. The van der Waals surface area contributed by atoms with Crippen molar-refractivity contribution in [2.75, 3.05) is 13.2 Å². The molecule has 1 unspecified atom stereocenters. The molecule has 3 nitrogen and oxygen atoms in total. The number of ether oxygens (including phenoxy) is 2. The minimum atomic E-state index is 0.116. The molecule has 0 amide bonds. The fraction of sp³-hybridized carbons (Fsp3) is 0.600. The van der Waals surface area contributed by atoms with Gasteiger partial charge in [-0.05, 0) is 44.9 Å². The third kappa shape index (κ3) is 2.85. The van der Waals surface area contributed by atoms with Crippen molar-refractivity contribution in [2.24, 2.45) is 5.73 Å². The first-order chi connectivity index (χ1) is 8.52. The number of hydrogen-bond donors (Lipinski definition) is 1. The van der Waals surface area contributed by atoms with Gasteiger partial charge in [-0.2, -0.15) is 0 Å². The van der Waals surface area contributed by atoms with Gasteiger partial charge in [-0.3, -0.25) is 0 Å². The van der Waals surface area contributed by atoms with Crippen molar-refractivity contribution in [3.63, 3.8) is 0 Å². The Balaban J connectivity index is 2.12. The van der Waals surface area contributed by atoms with Gasteiger partial charge in [-0.1, -0.05) is 12.1 Å². The molecule has 0 spiro atoms. The predicted molar refractivity (Wildman–Crippen MR) is 73.0 cm³/mol. The molecule has 1 aromatic carbocycles. The Hall–Kier alpha value is -1.06. The van der Waals surface area contributed by atoms with E-state index in [0.717, 1.165) is 25.4 Å². The van der Waals surface area contributed by atoms with Gasteiger partial charge >= 0.3 is 0 Å². The summed E-state index contributed by atoms with van der Waals surface area (Å²) in [5, 5.41) is 0. The Labute approximate surface area is 109 Å². The normalized spacial score (nSPS) is 19.4. The van der Waals surface area contributed by atoms with Crippen molar-refractivity contribution in [1.82, 2.24) is 0 Å². The van der Waals surface area contributed by atoms with E-state index in [-0.39, 0.29) is 17.6 Å². The van der Waals surface area contributed by atoms with Crippen molar-refractivity contribution in [1.29, 1.82) is 0 Å². The van der Waals surface area contributed by atoms with Crippen LogP contribution in [0.1, 0.15) is 32.8 Å². The Kier molecular flexibility index (Phi) is 3.93. The van der Waals surface area contributed by atoms with Crippen LogP contribution in [-0.2, 0) is 10.2 Å². The molecule has 1 heterocycles. The van der Waals surface area contributed by atoms with E-state index >= 15 is 0 Å². The van der Waals surface area contributed by atoms with Crippen LogP contribution in [0.25, 0.3) is 0 Å². The quantitative estimate of drug-likeness (QED) is 0.872.